The van der Waals surface area contributed by atoms with Crippen molar-refractivity contribution in [2.75, 3.05) is 18.5 Å². The normalized spacial score (nSPS) is 9.86. The predicted molar refractivity (Wildman–Crippen MR) is 90.4 cm³/mol. The van der Waals surface area contributed by atoms with E-state index < -0.39 is 0 Å². The van der Waals surface area contributed by atoms with Gasteiger partial charge in [-0.25, -0.2) is 0 Å². The highest BCUT2D eigenvalue weighted by atomic mass is 35.5. The lowest BCUT2D eigenvalue weighted by Crippen LogP contribution is -2.12. The zero-order chi connectivity index (χ0) is 14.8. The van der Waals surface area contributed by atoms with Crippen LogP contribution in [-0.2, 0) is 4.79 Å². The minimum atomic E-state index is 0. The third kappa shape index (κ3) is 7.93. The molecule has 0 unspecified atom stereocenters. The maximum atomic E-state index is 11.9. The summed E-state index contributed by atoms with van der Waals surface area (Å²) >= 11 is 0. The maximum absolute atomic E-state index is 11.9. The number of carbonyl (C=O) groups is 1. The molecule has 1 aromatic carbocycles. The molecule has 0 atom stereocenters. The Balaban J connectivity index is 0.00000400. The number of nitrogens with two attached hydrogens (primary N) is 1. The molecule has 0 aromatic heterocycles. The van der Waals surface area contributed by atoms with Gasteiger partial charge in [-0.2, -0.15) is 0 Å². The lowest BCUT2D eigenvalue weighted by Gasteiger charge is -2.12. The van der Waals surface area contributed by atoms with Crippen LogP contribution in [0.15, 0.2) is 18.2 Å². The van der Waals surface area contributed by atoms with Crippen molar-refractivity contribution in [1.82, 2.24) is 0 Å². The van der Waals surface area contributed by atoms with E-state index in [4.69, 9.17) is 10.5 Å². The Kier molecular flexibility index (Phi) is 10.7. The zero-order valence-corrected chi connectivity index (χ0v) is 13.8. The van der Waals surface area contributed by atoms with E-state index in [0.29, 0.717) is 13.0 Å². The summed E-state index contributed by atoms with van der Waals surface area (Å²) in [5, 5.41) is 2.92. The van der Waals surface area contributed by atoms with Gasteiger partial charge in [0.1, 0.15) is 5.75 Å². The van der Waals surface area contributed by atoms with Crippen molar-refractivity contribution < 1.29 is 9.53 Å². The van der Waals surface area contributed by atoms with Crippen LogP contribution in [0.5, 0.6) is 5.75 Å². The van der Waals surface area contributed by atoms with E-state index in [1.54, 1.807) is 0 Å². The number of halogens is 1. The number of aryl methyl sites for hydroxylation is 1. The maximum Gasteiger partial charge on any atom is 0.224 e. The van der Waals surface area contributed by atoms with Crippen LogP contribution in [0.4, 0.5) is 5.69 Å². The van der Waals surface area contributed by atoms with E-state index in [2.05, 4.69) is 5.32 Å². The lowest BCUT2D eigenvalue weighted by atomic mass is 10.1. The standard InChI is InChI=1S/C16H26N2O2.ClH/c1-3-20-15-12-13(2)9-10-14(15)18-16(19)8-6-4-5-7-11-17;/h9-10,12H,3-8,11,17H2,1-2H3,(H,18,19);1H. The molecule has 0 aliphatic carbocycles. The van der Waals surface area contributed by atoms with E-state index in [0.717, 1.165) is 49.2 Å². The Bertz CT molecular complexity index is 425. The van der Waals surface area contributed by atoms with Crippen LogP contribution in [0.25, 0.3) is 0 Å². The van der Waals surface area contributed by atoms with Crippen LogP contribution in [0.1, 0.15) is 44.6 Å². The van der Waals surface area contributed by atoms with Gasteiger partial charge in [0.25, 0.3) is 0 Å². The van der Waals surface area contributed by atoms with Crippen molar-refractivity contribution in [3.05, 3.63) is 23.8 Å². The van der Waals surface area contributed by atoms with Gasteiger partial charge >= 0.3 is 0 Å². The van der Waals surface area contributed by atoms with E-state index in [1.165, 1.54) is 0 Å². The first-order valence-corrected chi connectivity index (χ1v) is 7.40. The summed E-state index contributed by atoms with van der Waals surface area (Å²) in [4.78, 5) is 11.9. The molecule has 4 nitrogen and oxygen atoms in total. The number of unbranched alkanes of at least 4 members (excludes halogenated alkanes) is 3. The Labute approximate surface area is 133 Å². The number of benzene rings is 1. The monoisotopic (exact) mass is 314 g/mol. The van der Waals surface area contributed by atoms with E-state index in [1.807, 2.05) is 32.0 Å². The number of nitrogens with one attached hydrogen (secondary N) is 1. The Hall–Kier alpha value is -1.26. The summed E-state index contributed by atoms with van der Waals surface area (Å²) < 4.78 is 5.55. The van der Waals surface area contributed by atoms with Crippen molar-refractivity contribution >= 4 is 24.0 Å². The SMILES string of the molecule is CCOc1cc(C)ccc1NC(=O)CCCCCCN.Cl. The number of carbonyl (C=O) groups excluding carboxylic acids is 1. The topological polar surface area (TPSA) is 64.3 Å². The van der Waals surface area contributed by atoms with E-state index in [-0.39, 0.29) is 18.3 Å². The van der Waals surface area contributed by atoms with Crippen LogP contribution < -0.4 is 15.8 Å². The predicted octanol–water partition coefficient (Wildman–Crippen LogP) is 3.66. The quantitative estimate of drug-likeness (QED) is 0.684. The Morgan fingerprint density at radius 1 is 1.24 bits per heavy atom. The fraction of sp³-hybridized carbons (Fsp3) is 0.562. The molecule has 0 saturated heterocycles. The van der Waals surface area contributed by atoms with Crippen molar-refractivity contribution in [2.45, 2.75) is 46.0 Å². The molecule has 0 bridgehead atoms. The summed E-state index contributed by atoms with van der Waals surface area (Å²) in [5.41, 5.74) is 7.31. The van der Waals surface area contributed by atoms with Crippen molar-refractivity contribution in [3.63, 3.8) is 0 Å². The molecule has 0 radical (unpaired) electrons. The highest BCUT2D eigenvalue weighted by molar-refractivity contribution is 5.92. The average molecular weight is 315 g/mol. The van der Waals surface area contributed by atoms with Crippen molar-refractivity contribution in [2.24, 2.45) is 5.73 Å². The highest BCUT2D eigenvalue weighted by Crippen LogP contribution is 2.26. The van der Waals surface area contributed by atoms with E-state index in [9.17, 15) is 4.79 Å². The van der Waals surface area contributed by atoms with Gasteiger partial charge in [-0.1, -0.05) is 18.9 Å². The second kappa shape index (κ2) is 11.4. The minimum absolute atomic E-state index is 0. The van der Waals surface area contributed by atoms with E-state index >= 15 is 0 Å². The third-order valence-corrected chi connectivity index (χ3v) is 3.07. The second-order valence-corrected chi connectivity index (χ2v) is 4.93. The molecule has 1 amide bonds. The molecule has 0 spiro atoms. The largest absolute Gasteiger partial charge is 0.492 e. The zero-order valence-electron chi connectivity index (χ0n) is 13.0. The number of hydrogen-bond donors (Lipinski definition) is 2. The molecule has 0 heterocycles. The van der Waals surface area contributed by atoms with Gasteiger partial charge < -0.3 is 15.8 Å². The molecule has 1 aromatic rings. The lowest BCUT2D eigenvalue weighted by molar-refractivity contribution is -0.116. The average Bonchev–Trinajstić information content (AvgIpc) is 2.42. The first-order valence-electron chi connectivity index (χ1n) is 7.40. The van der Waals surface area contributed by atoms with Gasteiger partial charge in [0.2, 0.25) is 5.91 Å². The molecule has 5 heteroatoms. The highest BCUT2D eigenvalue weighted by Gasteiger charge is 2.08. The fourth-order valence-corrected chi connectivity index (χ4v) is 2.00. The minimum Gasteiger partial charge on any atom is -0.492 e. The fourth-order valence-electron chi connectivity index (χ4n) is 2.00. The van der Waals surface area contributed by atoms with Crippen LogP contribution in [-0.4, -0.2) is 19.1 Å². The summed E-state index contributed by atoms with van der Waals surface area (Å²) in [6, 6.07) is 5.81. The van der Waals surface area contributed by atoms with Gasteiger partial charge in [0, 0.05) is 6.42 Å². The van der Waals surface area contributed by atoms with Gasteiger partial charge in [0.15, 0.2) is 0 Å². The summed E-state index contributed by atoms with van der Waals surface area (Å²) in [6.07, 6.45) is 4.63. The number of amides is 1. The van der Waals surface area contributed by atoms with Gasteiger partial charge in [-0.05, 0) is 50.9 Å². The van der Waals surface area contributed by atoms with Crippen LogP contribution in [0.2, 0.25) is 0 Å². The van der Waals surface area contributed by atoms with Crippen molar-refractivity contribution in [1.29, 1.82) is 0 Å². The molecule has 21 heavy (non-hydrogen) atoms. The third-order valence-electron chi connectivity index (χ3n) is 3.07. The molecular formula is C16H27ClN2O2. The van der Waals surface area contributed by atoms with Crippen LogP contribution in [0, 0.1) is 6.92 Å². The molecule has 0 saturated carbocycles. The summed E-state index contributed by atoms with van der Waals surface area (Å²) in [7, 11) is 0. The molecular weight excluding hydrogens is 288 g/mol. The molecule has 0 fully saturated rings. The number of rotatable bonds is 9. The first-order chi connectivity index (χ1) is 9.67. The van der Waals surface area contributed by atoms with Gasteiger partial charge in [-0.3, -0.25) is 4.79 Å². The molecule has 1 rings (SSSR count). The Morgan fingerprint density at radius 3 is 2.62 bits per heavy atom. The summed E-state index contributed by atoms with van der Waals surface area (Å²) in [5.74, 6) is 0.784. The first kappa shape index (κ1) is 19.7. The molecule has 0 aliphatic heterocycles. The second-order valence-electron chi connectivity index (χ2n) is 4.93. The van der Waals surface area contributed by atoms with Gasteiger partial charge in [0.05, 0.1) is 12.3 Å². The number of anilines is 1. The van der Waals surface area contributed by atoms with Crippen LogP contribution in [0.3, 0.4) is 0 Å². The molecule has 0 aliphatic rings. The molecule has 120 valence electrons. The number of ether oxygens (including phenoxy) is 1. The summed E-state index contributed by atoms with van der Waals surface area (Å²) in [6.45, 7) is 5.26. The number of hydrogen-bond acceptors (Lipinski definition) is 3. The Morgan fingerprint density at radius 2 is 1.95 bits per heavy atom. The smallest absolute Gasteiger partial charge is 0.224 e. The molecule has 3 N–H and O–H groups in total. The van der Waals surface area contributed by atoms with Gasteiger partial charge in [-0.15, -0.1) is 12.4 Å². The van der Waals surface area contributed by atoms with Crippen molar-refractivity contribution in [3.8, 4) is 5.75 Å². The van der Waals surface area contributed by atoms with Crippen LogP contribution >= 0.6 is 12.4 Å².